The maximum absolute atomic E-state index is 11.1. The van der Waals surface area contributed by atoms with Gasteiger partial charge in [0.25, 0.3) is 0 Å². The van der Waals surface area contributed by atoms with Crippen molar-refractivity contribution in [1.29, 1.82) is 0 Å². The van der Waals surface area contributed by atoms with Crippen molar-refractivity contribution in [2.24, 2.45) is 0 Å². The fraction of sp³-hybridized carbons (Fsp3) is 0.722. The van der Waals surface area contributed by atoms with E-state index in [0.29, 0.717) is 25.7 Å². The first-order chi connectivity index (χ1) is 12.4. The minimum atomic E-state index is -0.805. The van der Waals surface area contributed by atoms with Crippen molar-refractivity contribution in [3.05, 3.63) is 43.8 Å². The molecule has 0 saturated carbocycles. The van der Waals surface area contributed by atoms with Gasteiger partial charge in [-0.15, -0.1) is 0 Å². The molecule has 0 atom stereocenters. The van der Waals surface area contributed by atoms with E-state index in [1.165, 1.54) is 12.2 Å². The highest BCUT2D eigenvalue weighted by molar-refractivity contribution is 5.66. The number of carboxylic acid groups (broad SMARTS) is 1. The summed E-state index contributed by atoms with van der Waals surface area (Å²) in [6.07, 6.45) is 10.4. The summed E-state index contributed by atoms with van der Waals surface area (Å²) >= 11 is 0. The predicted octanol–water partition coefficient (Wildman–Crippen LogP) is 5.09. The second-order valence-corrected chi connectivity index (χ2v) is 6.26. The summed E-state index contributed by atoms with van der Waals surface area (Å²) in [4.78, 5) is 31.6. The van der Waals surface area contributed by atoms with Crippen molar-refractivity contribution in [3.8, 4) is 0 Å². The molecule has 8 heteroatoms. The van der Waals surface area contributed by atoms with E-state index in [0.717, 1.165) is 38.5 Å². The molecule has 0 radical (unpaired) electrons. The van der Waals surface area contributed by atoms with E-state index >= 15 is 0 Å². The molecular formula is C18H30N2O6. The molecule has 26 heavy (non-hydrogen) atoms. The first-order valence-electron chi connectivity index (χ1n) is 9.27. The Balaban J connectivity index is 4.32. The summed E-state index contributed by atoms with van der Waals surface area (Å²) in [5.41, 5.74) is 0.207. The third-order valence-corrected chi connectivity index (χ3v) is 4.04. The molecule has 0 aliphatic rings. The summed E-state index contributed by atoms with van der Waals surface area (Å²) in [7, 11) is 0. The number of aliphatic carboxylic acids is 1. The van der Waals surface area contributed by atoms with Crippen LogP contribution in [0.15, 0.2) is 23.5 Å². The van der Waals surface area contributed by atoms with Gasteiger partial charge in [-0.25, -0.2) is 0 Å². The van der Waals surface area contributed by atoms with Crippen LogP contribution in [-0.2, 0) is 4.79 Å². The van der Waals surface area contributed by atoms with E-state index < -0.39 is 15.8 Å². The third-order valence-electron chi connectivity index (χ3n) is 4.04. The number of unbranched alkanes of at least 4 members (excludes halogenated alkanes) is 6. The van der Waals surface area contributed by atoms with E-state index in [2.05, 4.69) is 0 Å². The Kier molecular flexibility index (Phi) is 13.7. The standard InChI is InChI=1S/C18H30N2O6/c1-2-3-7-11-16(19(23)24)13-10-14-17(20(25)26)12-8-5-4-6-9-15-18(21)22/h13-14H,2-12,15H2,1H3,(H,21,22)/b16-13+,17-14+. The Morgan fingerprint density at radius 3 is 1.65 bits per heavy atom. The number of nitrogens with zero attached hydrogens (tertiary/aromatic N) is 2. The first kappa shape index (κ1) is 23.8. The maximum atomic E-state index is 11.1. The molecule has 0 aliphatic heterocycles. The van der Waals surface area contributed by atoms with Crippen molar-refractivity contribution in [1.82, 2.24) is 0 Å². The number of carboxylic acids is 1. The van der Waals surface area contributed by atoms with Crippen molar-refractivity contribution < 1.29 is 19.7 Å². The van der Waals surface area contributed by atoms with Crippen LogP contribution < -0.4 is 0 Å². The Morgan fingerprint density at radius 1 is 0.808 bits per heavy atom. The van der Waals surface area contributed by atoms with Gasteiger partial charge in [-0.2, -0.15) is 0 Å². The molecule has 0 aliphatic carbocycles. The van der Waals surface area contributed by atoms with Crippen LogP contribution in [0.3, 0.4) is 0 Å². The summed E-state index contributed by atoms with van der Waals surface area (Å²) < 4.78 is 0. The molecular weight excluding hydrogens is 340 g/mol. The van der Waals surface area contributed by atoms with Crippen LogP contribution in [0.25, 0.3) is 0 Å². The van der Waals surface area contributed by atoms with Gasteiger partial charge in [-0.3, -0.25) is 25.0 Å². The molecule has 0 unspecified atom stereocenters. The Bertz CT molecular complexity index is 514. The topological polar surface area (TPSA) is 124 Å². The van der Waals surface area contributed by atoms with Gasteiger partial charge in [0, 0.05) is 19.3 Å². The van der Waals surface area contributed by atoms with Gasteiger partial charge in [0.2, 0.25) is 11.4 Å². The fourth-order valence-electron chi connectivity index (χ4n) is 2.54. The second kappa shape index (κ2) is 15.0. The fourth-order valence-corrected chi connectivity index (χ4v) is 2.54. The van der Waals surface area contributed by atoms with Crippen molar-refractivity contribution >= 4 is 5.97 Å². The highest BCUT2D eigenvalue weighted by Crippen LogP contribution is 2.15. The van der Waals surface area contributed by atoms with Crippen LogP contribution >= 0.6 is 0 Å². The zero-order valence-electron chi connectivity index (χ0n) is 15.5. The largest absolute Gasteiger partial charge is 0.481 e. The van der Waals surface area contributed by atoms with Crippen molar-refractivity contribution in [2.75, 3.05) is 0 Å². The molecule has 0 fully saturated rings. The summed E-state index contributed by atoms with van der Waals surface area (Å²) in [6, 6.07) is 0. The number of nitro groups is 2. The average molecular weight is 370 g/mol. The van der Waals surface area contributed by atoms with Crippen LogP contribution in [0.1, 0.15) is 84.0 Å². The molecule has 0 saturated heterocycles. The molecule has 0 aromatic carbocycles. The molecule has 0 rings (SSSR count). The lowest BCUT2D eigenvalue weighted by molar-refractivity contribution is -0.429. The van der Waals surface area contributed by atoms with Crippen LogP contribution in [0.5, 0.6) is 0 Å². The van der Waals surface area contributed by atoms with Gasteiger partial charge >= 0.3 is 5.97 Å². The van der Waals surface area contributed by atoms with Gasteiger partial charge in [0.15, 0.2) is 0 Å². The van der Waals surface area contributed by atoms with Crippen LogP contribution in [0.2, 0.25) is 0 Å². The Hall–Kier alpha value is -2.25. The monoisotopic (exact) mass is 370 g/mol. The molecule has 8 nitrogen and oxygen atoms in total. The average Bonchev–Trinajstić information content (AvgIpc) is 2.57. The third kappa shape index (κ3) is 13.1. The number of hydrogen-bond donors (Lipinski definition) is 1. The van der Waals surface area contributed by atoms with Gasteiger partial charge < -0.3 is 5.11 Å². The smallest absolute Gasteiger partial charge is 0.303 e. The summed E-state index contributed by atoms with van der Waals surface area (Å²) in [6.45, 7) is 2.02. The molecule has 0 heterocycles. The number of carbonyl (C=O) groups is 1. The Morgan fingerprint density at radius 2 is 1.23 bits per heavy atom. The minimum absolute atomic E-state index is 0.0862. The van der Waals surface area contributed by atoms with Gasteiger partial charge in [0.05, 0.1) is 9.85 Å². The van der Waals surface area contributed by atoms with E-state index in [9.17, 15) is 25.0 Å². The van der Waals surface area contributed by atoms with E-state index in [4.69, 9.17) is 5.11 Å². The first-order valence-corrected chi connectivity index (χ1v) is 9.27. The summed E-state index contributed by atoms with van der Waals surface area (Å²) in [5.74, 6) is -0.805. The van der Waals surface area contributed by atoms with Crippen LogP contribution in [0.4, 0.5) is 0 Å². The molecule has 1 N–H and O–H groups in total. The van der Waals surface area contributed by atoms with Crippen molar-refractivity contribution in [2.45, 2.75) is 84.0 Å². The lowest BCUT2D eigenvalue weighted by atomic mass is 10.1. The van der Waals surface area contributed by atoms with Gasteiger partial charge in [-0.05, 0) is 37.8 Å². The van der Waals surface area contributed by atoms with E-state index in [1.54, 1.807) is 0 Å². The normalized spacial score (nSPS) is 12.2. The van der Waals surface area contributed by atoms with E-state index in [-0.39, 0.29) is 24.2 Å². The molecule has 0 aromatic rings. The van der Waals surface area contributed by atoms with Crippen LogP contribution in [-0.4, -0.2) is 20.9 Å². The lowest BCUT2D eigenvalue weighted by Crippen LogP contribution is -2.00. The lowest BCUT2D eigenvalue weighted by Gasteiger charge is -2.01. The molecule has 0 aromatic heterocycles. The summed E-state index contributed by atoms with van der Waals surface area (Å²) in [5, 5.41) is 30.6. The van der Waals surface area contributed by atoms with Crippen molar-refractivity contribution in [3.63, 3.8) is 0 Å². The zero-order valence-corrected chi connectivity index (χ0v) is 15.5. The highest BCUT2D eigenvalue weighted by Gasteiger charge is 2.12. The molecule has 148 valence electrons. The number of rotatable bonds is 16. The maximum Gasteiger partial charge on any atom is 0.303 e. The molecule has 0 amide bonds. The van der Waals surface area contributed by atoms with Crippen LogP contribution in [0, 0.1) is 20.2 Å². The minimum Gasteiger partial charge on any atom is -0.481 e. The number of allylic oxidation sites excluding steroid dienone is 4. The predicted molar refractivity (Wildman–Crippen MR) is 98.9 cm³/mol. The van der Waals surface area contributed by atoms with E-state index in [1.807, 2.05) is 6.92 Å². The zero-order chi connectivity index (χ0) is 19.8. The molecule has 0 bridgehead atoms. The van der Waals surface area contributed by atoms with Gasteiger partial charge in [-0.1, -0.05) is 39.0 Å². The quantitative estimate of drug-likeness (QED) is 0.229. The SMILES string of the molecule is CCCCC/C(=C\C/C=C(\CCCCCCCC(=O)O)[N+](=O)[O-])[N+](=O)[O-]. The van der Waals surface area contributed by atoms with Gasteiger partial charge in [0.1, 0.15) is 0 Å². The Labute approximate surface area is 154 Å². The second-order valence-electron chi connectivity index (χ2n) is 6.26. The highest BCUT2D eigenvalue weighted by atomic mass is 16.6. The number of hydrogen-bond acceptors (Lipinski definition) is 5. The molecule has 0 spiro atoms.